The van der Waals surface area contributed by atoms with E-state index in [9.17, 15) is 13.2 Å². The number of hydrogen-bond donors (Lipinski definition) is 1. The van der Waals surface area contributed by atoms with Crippen LogP contribution in [0.3, 0.4) is 0 Å². The van der Waals surface area contributed by atoms with Crippen LogP contribution in [0, 0.1) is 0 Å². The summed E-state index contributed by atoms with van der Waals surface area (Å²) in [6, 6.07) is 17.5. The fraction of sp³-hybridized carbons (Fsp3) is 0.320. The number of hydrogen-bond acceptors (Lipinski definition) is 4. The first-order valence-corrected chi connectivity index (χ1v) is 13.5. The van der Waals surface area contributed by atoms with Crippen molar-refractivity contribution in [3.8, 4) is 0 Å². The van der Waals surface area contributed by atoms with E-state index in [-0.39, 0.29) is 11.9 Å². The van der Waals surface area contributed by atoms with Crippen molar-refractivity contribution in [2.75, 3.05) is 17.1 Å². The van der Waals surface area contributed by atoms with Crippen LogP contribution >= 0.6 is 11.3 Å². The van der Waals surface area contributed by atoms with Gasteiger partial charge in [-0.05, 0) is 65.1 Å². The van der Waals surface area contributed by atoms with Crippen LogP contribution in [0.25, 0.3) is 0 Å². The van der Waals surface area contributed by atoms with Crippen LogP contribution in [0.2, 0.25) is 0 Å². The average molecular weight is 469 g/mol. The summed E-state index contributed by atoms with van der Waals surface area (Å²) in [6.45, 7) is 4.80. The minimum absolute atomic E-state index is 0.171. The Morgan fingerprint density at radius 3 is 2.41 bits per heavy atom. The Kier molecular flexibility index (Phi) is 6.40. The first-order valence-electron chi connectivity index (χ1n) is 10.8. The summed E-state index contributed by atoms with van der Waals surface area (Å²) in [5.41, 5.74) is 4.40. The highest BCUT2D eigenvalue weighted by Crippen LogP contribution is 2.31. The molecule has 0 saturated heterocycles. The molecule has 5 nitrogen and oxygen atoms in total. The molecule has 0 aliphatic carbocycles. The third kappa shape index (κ3) is 4.74. The lowest BCUT2D eigenvalue weighted by molar-refractivity contribution is 0.0943. The second kappa shape index (κ2) is 9.08. The van der Waals surface area contributed by atoms with Gasteiger partial charge < -0.3 is 5.32 Å². The molecule has 0 bridgehead atoms. The minimum atomic E-state index is -3.33. The summed E-state index contributed by atoms with van der Waals surface area (Å²) in [7, 11) is -3.33. The number of sulfonamides is 1. The van der Waals surface area contributed by atoms with Crippen molar-refractivity contribution in [2.45, 2.75) is 38.6 Å². The highest BCUT2D eigenvalue weighted by Gasteiger charge is 2.25. The highest BCUT2D eigenvalue weighted by atomic mass is 32.2. The van der Waals surface area contributed by atoms with Gasteiger partial charge in [0.05, 0.1) is 18.0 Å². The quantitative estimate of drug-likeness (QED) is 0.547. The van der Waals surface area contributed by atoms with Crippen molar-refractivity contribution < 1.29 is 13.2 Å². The molecule has 4 rings (SSSR count). The summed E-state index contributed by atoms with van der Waals surface area (Å²) in [6.07, 6.45) is 2.72. The van der Waals surface area contributed by atoms with Gasteiger partial charge in [-0.2, -0.15) is 0 Å². The zero-order valence-electron chi connectivity index (χ0n) is 18.5. The molecule has 0 fully saturated rings. The number of rotatable bonds is 6. The van der Waals surface area contributed by atoms with Crippen LogP contribution in [0.4, 0.5) is 5.69 Å². The lowest BCUT2D eigenvalue weighted by Gasteiger charge is -2.29. The Bertz CT molecular complexity index is 1200. The minimum Gasteiger partial charge on any atom is -0.340 e. The molecular weight excluding hydrogens is 440 g/mol. The van der Waals surface area contributed by atoms with Gasteiger partial charge >= 0.3 is 0 Å². The van der Waals surface area contributed by atoms with Crippen molar-refractivity contribution >= 4 is 33.0 Å². The molecule has 168 valence electrons. The molecule has 7 heteroatoms. The third-order valence-corrected chi connectivity index (χ3v) is 7.97. The first-order chi connectivity index (χ1) is 15.2. The number of fused-ring (bicyclic) bond motifs is 1. The molecule has 1 unspecified atom stereocenters. The maximum atomic E-state index is 13.2. The summed E-state index contributed by atoms with van der Waals surface area (Å²) in [4.78, 5) is 14.3. The van der Waals surface area contributed by atoms with Crippen molar-refractivity contribution in [1.82, 2.24) is 5.32 Å². The number of amides is 1. The molecule has 1 amide bonds. The fourth-order valence-corrected chi connectivity index (χ4v) is 5.91. The number of thiophene rings is 1. The molecule has 1 aromatic heterocycles. The summed E-state index contributed by atoms with van der Waals surface area (Å²) in [5, 5.41) is 5.20. The lowest BCUT2D eigenvalue weighted by Crippen LogP contribution is -2.35. The molecule has 1 N–H and O–H groups in total. The van der Waals surface area contributed by atoms with Gasteiger partial charge in [-0.15, -0.1) is 11.3 Å². The van der Waals surface area contributed by atoms with E-state index in [0.29, 0.717) is 23.7 Å². The van der Waals surface area contributed by atoms with Crippen molar-refractivity contribution in [3.63, 3.8) is 0 Å². The van der Waals surface area contributed by atoms with Gasteiger partial charge in [-0.1, -0.05) is 44.2 Å². The molecular formula is C25H28N2O3S2. The van der Waals surface area contributed by atoms with E-state index < -0.39 is 10.0 Å². The largest absolute Gasteiger partial charge is 0.340 e. The molecule has 1 aliphatic heterocycles. The van der Waals surface area contributed by atoms with Crippen molar-refractivity contribution in [3.05, 3.63) is 87.1 Å². The normalized spacial score (nSPS) is 14.8. The van der Waals surface area contributed by atoms with Gasteiger partial charge in [-0.3, -0.25) is 9.10 Å². The lowest BCUT2D eigenvalue weighted by atomic mass is 9.97. The second-order valence-electron chi connectivity index (χ2n) is 8.53. The molecule has 2 aromatic carbocycles. The molecule has 1 atom stereocenters. The van der Waals surface area contributed by atoms with Crippen molar-refractivity contribution in [2.24, 2.45) is 0 Å². The SMILES string of the molecule is CC(C)c1ccc(C(NC(=O)c2ccc3c(c2)CCCN3S(C)(=O)=O)c2cccs2)cc1. The molecule has 32 heavy (non-hydrogen) atoms. The Balaban J connectivity index is 1.62. The maximum absolute atomic E-state index is 13.2. The molecule has 1 aliphatic rings. The molecule has 2 heterocycles. The number of carbonyl (C=O) groups excluding carboxylic acids is 1. The van der Waals surface area contributed by atoms with Gasteiger partial charge in [0.25, 0.3) is 5.91 Å². The fourth-order valence-electron chi connectivity index (χ4n) is 4.11. The zero-order valence-corrected chi connectivity index (χ0v) is 20.2. The van der Waals surface area contributed by atoms with Crippen LogP contribution in [0.5, 0.6) is 0 Å². The summed E-state index contributed by atoms with van der Waals surface area (Å²) < 4.78 is 25.7. The number of carbonyl (C=O) groups is 1. The van der Waals surface area contributed by atoms with Gasteiger partial charge in [0, 0.05) is 17.0 Å². The summed E-state index contributed by atoms with van der Waals surface area (Å²) in [5.74, 6) is 0.274. The Morgan fingerprint density at radius 1 is 1.06 bits per heavy atom. The third-order valence-electron chi connectivity index (χ3n) is 5.86. The van der Waals surface area contributed by atoms with Crippen LogP contribution in [0.15, 0.2) is 60.0 Å². The first kappa shape index (κ1) is 22.6. The molecule has 0 saturated carbocycles. The monoisotopic (exact) mass is 468 g/mol. The number of nitrogens with one attached hydrogen (secondary N) is 1. The second-order valence-corrected chi connectivity index (χ2v) is 11.4. The number of nitrogens with zero attached hydrogens (tertiary/aromatic N) is 1. The van der Waals surface area contributed by atoms with Crippen LogP contribution in [-0.2, 0) is 16.4 Å². The van der Waals surface area contributed by atoms with E-state index in [2.05, 4.69) is 43.4 Å². The standard InChI is InChI=1S/C25H28N2O3S2/c1-17(2)18-8-10-19(11-9-18)24(23-7-5-15-31-23)26-25(28)21-12-13-22-20(16-21)6-4-14-27(22)32(3,29)30/h5,7-13,15-17,24H,4,6,14H2,1-3H3,(H,26,28). The molecule has 0 radical (unpaired) electrons. The van der Waals surface area contributed by atoms with Gasteiger partial charge in [-0.25, -0.2) is 8.42 Å². The van der Waals surface area contributed by atoms with Crippen LogP contribution in [0.1, 0.15) is 64.2 Å². The van der Waals surface area contributed by atoms with E-state index in [1.54, 1.807) is 23.5 Å². The summed E-state index contributed by atoms with van der Waals surface area (Å²) >= 11 is 1.61. The predicted octanol–water partition coefficient (Wildman–Crippen LogP) is 5.10. The van der Waals surface area contributed by atoms with E-state index >= 15 is 0 Å². The Hall–Kier alpha value is -2.64. The molecule has 0 spiro atoms. The number of anilines is 1. The van der Waals surface area contributed by atoms with E-state index in [4.69, 9.17) is 0 Å². The smallest absolute Gasteiger partial charge is 0.252 e. The molecule has 3 aromatic rings. The number of benzene rings is 2. The number of aryl methyl sites for hydroxylation is 1. The highest BCUT2D eigenvalue weighted by molar-refractivity contribution is 7.92. The van der Waals surface area contributed by atoms with Crippen LogP contribution in [-0.4, -0.2) is 27.1 Å². The van der Waals surface area contributed by atoms with Crippen LogP contribution < -0.4 is 9.62 Å². The van der Waals surface area contributed by atoms with Gasteiger partial charge in [0.2, 0.25) is 10.0 Å². The Labute approximate surface area is 194 Å². The van der Waals surface area contributed by atoms with Gasteiger partial charge in [0.1, 0.15) is 0 Å². The van der Waals surface area contributed by atoms with E-state index in [1.165, 1.54) is 16.1 Å². The van der Waals surface area contributed by atoms with E-state index in [0.717, 1.165) is 28.8 Å². The predicted molar refractivity (Wildman–Crippen MR) is 131 cm³/mol. The topological polar surface area (TPSA) is 66.5 Å². The van der Waals surface area contributed by atoms with E-state index in [1.807, 2.05) is 23.6 Å². The van der Waals surface area contributed by atoms with Gasteiger partial charge in [0.15, 0.2) is 0 Å². The van der Waals surface area contributed by atoms with Crippen molar-refractivity contribution in [1.29, 1.82) is 0 Å². The zero-order chi connectivity index (χ0) is 22.9. The average Bonchev–Trinajstić information content (AvgIpc) is 3.30. The maximum Gasteiger partial charge on any atom is 0.252 e. The Morgan fingerprint density at radius 2 is 1.78 bits per heavy atom.